The highest BCUT2D eigenvalue weighted by Crippen LogP contribution is 2.36. The lowest BCUT2D eigenvalue weighted by atomic mass is 9.84. The van der Waals surface area contributed by atoms with Gasteiger partial charge in [0.25, 0.3) is 5.91 Å². The molecule has 9 nitrogen and oxygen atoms in total. The molecule has 4 aromatic rings. The second-order valence-electron chi connectivity index (χ2n) is 10.5. The number of pyridine rings is 1. The molecule has 4 heterocycles. The quantitative estimate of drug-likeness (QED) is 0.336. The van der Waals surface area contributed by atoms with E-state index in [0.29, 0.717) is 42.5 Å². The predicted molar refractivity (Wildman–Crippen MR) is 153 cm³/mol. The summed E-state index contributed by atoms with van der Waals surface area (Å²) < 4.78 is 1.76. The molecule has 10 heteroatoms. The fourth-order valence-electron chi connectivity index (χ4n) is 5.51. The zero-order valence-electron chi connectivity index (χ0n) is 21.8. The van der Waals surface area contributed by atoms with Crippen LogP contribution in [0.2, 0.25) is 5.02 Å². The van der Waals surface area contributed by atoms with Crippen LogP contribution in [0.3, 0.4) is 0 Å². The van der Waals surface area contributed by atoms with Gasteiger partial charge in [-0.25, -0.2) is 4.52 Å². The molecule has 1 unspecified atom stereocenters. The Morgan fingerprint density at radius 2 is 1.79 bits per heavy atom. The summed E-state index contributed by atoms with van der Waals surface area (Å²) in [6.07, 6.45) is 4.06. The number of benzene rings is 2. The number of nitrogens with one attached hydrogen (secondary N) is 2. The first-order chi connectivity index (χ1) is 18.9. The molecule has 2 aromatic heterocycles. The molecule has 1 atom stereocenters. The van der Waals surface area contributed by atoms with Crippen molar-refractivity contribution in [2.75, 3.05) is 43.4 Å². The second kappa shape index (κ2) is 10.5. The molecule has 39 heavy (non-hydrogen) atoms. The number of aliphatic hydroxyl groups is 1. The molecule has 3 N–H and O–H groups in total. The molecule has 202 valence electrons. The summed E-state index contributed by atoms with van der Waals surface area (Å²) in [6.45, 7) is 3.27. The first kappa shape index (κ1) is 25.6. The van der Waals surface area contributed by atoms with E-state index in [-0.39, 0.29) is 11.9 Å². The molecule has 2 aromatic carbocycles. The maximum absolute atomic E-state index is 12.6. The van der Waals surface area contributed by atoms with Crippen molar-refractivity contribution in [2.45, 2.75) is 30.9 Å². The van der Waals surface area contributed by atoms with Crippen LogP contribution in [-0.4, -0.2) is 69.8 Å². The Labute approximate surface area is 232 Å². The van der Waals surface area contributed by atoms with Crippen LogP contribution in [0.1, 0.15) is 35.2 Å². The molecule has 6 rings (SSSR count). The van der Waals surface area contributed by atoms with E-state index in [1.807, 2.05) is 66.9 Å². The molecule has 0 spiro atoms. The number of piperidine rings is 1. The lowest BCUT2D eigenvalue weighted by Gasteiger charge is -2.39. The lowest BCUT2D eigenvalue weighted by Crippen LogP contribution is -2.42. The number of hydrogen-bond donors (Lipinski definition) is 3. The van der Waals surface area contributed by atoms with E-state index in [9.17, 15) is 9.90 Å². The Balaban J connectivity index is 1.12. The van der Waals surface area contributed by atoms with Crippen LogP contribution < -0.4 is 15.5 Å². The van der Waals surface area contributed by atoms with Crippen molar-refractivity contribution < 1.29 is 9.90 Å². The van der Waals surface area contributed by atoms with Gasteiger partial charge < -0.3 is 25.5 Å². The van der Waals surface area contributed by atoms with Gasteiger partial charge in [0.05, 0.1) is 11.3 Å². The summed E-state index contributed by atoms with van der Waals surface area (Å²) in [4.78, 5) is 21.8. The minimum Gasteiger partial charge on any atom is -0.385 e. The Bertz CT molecular complexity index is 1460. The number of anilines is 3. The van der Waals surface area contributed by atoms with E-state index in [2.05, 4.69) is 32.6 Å². The number of halogens is 1. The molecule has 2 saturated heterocycles. The van der Waals surface area contributed by atoms with Crippen LogP contribution in [-0.2, 0) is 5.60 Å². The number of hydrogen-bond acceptors (Lipinski definition) is 7. The van der Waals surface area contributed by atoms with Gasteiger partial charge in [-0.15, -0.1) is 5.10 Å². The third kappa shape index (κ3) is 5.43. The molecular formula is C29H32ClN7O2. The van der Waals surface area contributed by atoms with Crippen molar-refractivity contribution in [3.8, 4) is 0 Å². The minimum absolute atomic E-state index is 0.0539. The zero-order chi connectivity index (χ0) is 27.0. The Morgan fingerprint density at radius 3 is 2.49 bits per heavy atom. The van der Waals surface area contributed by atoms with E-state index in [0.717, 1.165) is 42.1 Å². The maximum Gasteiger partial charge on any atom is 0.251 e. The van der Waals surface area contributed by atoms with Crippen LogP contribution in [0.15, 0.2) is 66.9 Å². The molecule has 2 aliphatic rings. The Morgan fingerprint density at radius 1 is 1.05 bits per heavy atom. The van der Waals surface area contributed by atoms with Crippen molar-refractivity contribution in [1.82, 2.24) is 24.8 Å². The molecule has 2 aliphatic heterocycles. The molecule has 2 fully saturated rings. The summed E-state index contributed by atoms with van der Waals surface area (Å²) in [7, 11) is 2.07. The van der Waals surface area contributed by atoms with Crippen molar-refractivity contribution >= 4 is 40.5 Å². The first-order valence-corrected chi connectivity index (χ1v) is 13.7. The number of fused-ring (bicyclic) bond motifs is 1. The third-order valence-corrected chi connectivity index (χ3v) is 8.04. The van der Waals surface area contributed by atoms with Crippen molar-refractivity contribution in [2.24, 2.45) is 0 Å². The number of nitrogens with zero attached hydrogens (tertiary/aromatic N) is 5. The Hall–Kier alpha value is -3.66. The van der Waals surface area contributed by atoms with Crippen molar-refractivity contribution in [1.29, 1.82) is 0 Å². The topological polar surface area (TPSA) is 98.0 Å². The van der Waals surface area contributed by atoms with Gasteiger partial charge in [-0.3, -0.25) is 4.79 Å². The average Bonchev–Trinajstić information content (AvgIpc) is 3.54. The molecular weight excluding hydrogens is 514 g/mol. The number of likely N-dealkylation sites (tertiary alicyclic amines) is 1. The first-order valence-electron chi connectivity index (χ1n) is 13.3. The van der Waals surface area contributed by atoms with Crippen molar-refractivity contribution in [3.63, 3.8) is 0 Å². The fourth-order valence-corrected chi connectivity index (χ4v) is 5.64. The number of rotatable bonds is 6. The van der Waals surface area contributed by atoms with Gasteiger partial charge in [-0.1, -0.05) is 23.7 Å². The van der Waals surface area contributed by atoms with Gasteiger partial charge in [0.1, 0.15) is 0 Å². The summed E-state index contributed by atoms with van der Waals surface area (Å²) in [5.41, 5.74) is 3.17. The molecule has 0 saturated carbocycles. The largest absolute Gasteiger partial charge is 0.385 e. The van der Waals surface area contributed by atoms with E-state index >= 15 is 0 Å². The van der Waals surface area contributed by atoms with Crippen LogP contribution in [0.4, 0.5) is 17.3 Å². The van der Waals surface area contributed by atoms with Crippen LogP contribution in [0.5, 0.6) is 0 Å². The summed E-state index contributed by atoms with van der Waals surface area (Å²) >= 11 is 6.03. The van der Waals surface area contributed by atoms with Gasteiger partial charge >= 0.3 is 0 Å². The smallest absolute Gasteiger partial charge is 0.251 e. The monoisotopic (exact) mass is 545 g/mol. The van der Waals surface area contributed by atoms with Crippen LogP contribution in [0.25, 0.3) is 5.65 Å². The number of likely N-dealkylation sites (N-methyl/N-ethyl adjacent to an activating group) is 1. The number of aromatic nitrogens is 3. The molecule has 1 amide bonds. The molecule has 0 radical (unpaired) electrons. The zero-order valence-corrected chi connectivity index (χ0v) is 22.6. The highest BCUT2D eigenvalue weighted by molar-refractivity contribution is 6.30. The average molecular weight is 546 g/mol. The van der Waals surface area contributed by atoms with Gasteiger partial charge in [0.15, 0.2) is 5.65 Å². The van der Waals surface area contributed by atoms with Gasteiger partial charge in [0.2, 0.25) is 5.95 Å². The lowest BCUT2D eigenvalue weighted by molar-refractivity contribution is 0.0118. The molecule has 0 bridgehead atoms. The van der Waals surface area contributed by atoms with E-state index in [4.69, 9.17) is 16.6 Å². The minimum atomic E-state index is -0.872. The normalized spacial score (nSPS) is 19.4. The maximum atomic E-state index is 12.6. The highest BCUT2D eigenvalue weighted by atomic mass is 35.5. The third-order valence-electron chi connectivity index (χ3n) is 7.78. The SMILES string of the molecule is CN1CCC(NC(=O)c2ccc(Nc3nc4c(N5CCC(O)(c6ccc(Cl)cc6)CC5)cccn4n3)cc2)C1. The van der Waals surface area contributed by atoms with Crippen LogP contribution in [0, 0.1) is 0 Å². The molecule has 0 aliphatic carbocycles. The van der Waals surface area contributed by atoms with Gasteiger partial charge in [-0.05, 0) is 86.9 Å². The number of amides is 1. The van der Waals surface area contributed by atoms with E-state index < -0.39 is 5.60 Å². The van der Waals surface area contributed by atoms with E-state index in [1.165, 1.54) is 0 Å². The predicted octanol–water partition coefficient (Wildman–Crippen LogP) is 4.05. The van der Waals surface area contributed by atoms with Crippen LogP contribution >= 0.6 is 11.6 Å². The Kier molecular flexibility index (Phi) is 6.88. The van der Waals surface area contributed by atoms with Crippen molar-refractivity contribution in [3.05, 3.63) is 83.0 Å². The summed E-state index contributed by atoms with van der Waals surface area (Å²) in [6, 6.07) is 19.0. The highest BCUT2D eigenvalue weighted by Gasteiger charge is 2.34. The summed E-state index contributed by atoms with van der Waals surface area (Å²) in [5, 5.41) is 22.9. The van der Waals surface area contributed by atoms with Gasteiger partial charge in [0, 0.05) is 48.1 Å². The van der Waals surface area contributed by atoms with Gasteiger partial charge in [-0.2, -0.15) is 4.98 Å². The van der Waals surface area contributed by atoms with E-state index in [1.54, 1.807) is 4.52 Å². The number of carbonyl (C=O) groups excluding carboxylic acids is 1. The standard InChI is InChI=1S/C29H32ClN7O2/c1-35-16-12-24(19-35)31-27(38)20-4-10-23(11-5-20)32-28-33-26-25(3-2-15-37(26)34-28)36-17-13-29(39,14-18-36)21-6-8-22(30)9-7-21/h2-11,15,24,39H,12-14,16-19H2,1H3,(H,31,38)(H,32,34). The number of carbonyl (C=O) groups is 1. The second-order valence-corrected chi connectivity index (χ2v) is 11.0. The fraction of sp³-hybridized carbons (Fsp3) is 0.345. The summed E-state index contributed by atoms with van der Waals surface area (Å²) in [5.74, 6) is 0.421.